The van der Waals surface area contributed by atoms with Crippen LogP contribution in [-0.2, 0) is 21.1 Å². The first-order valence-electron chi connectivity index (χ1n) is 6.99. The number of hydrogen-bond donors (Lipinski definition) is 1. The van der Waals surface area contributed by atoms with Crippen LogP contribution in [0.15, 0.2) is 45.8 Å². The van der Waals surface area contributed by atoms with Gasteiger partial charge in [-0.2, -0.15) is 0 Å². The highest BCUT2D eigenvalue weighted by Crippen LogP contribution is 2.33. The number of anilines is 1. The Hall–Kier alpha value is -1.08. The van der Waals surface area contributed by atoms with E-state index in [4.69, 9.17) is 23.2 Å². The molecule has 1 amide bonds. The molecule has 0 atom stereocenters. The Balaban J connectivity index is 2.08. The molecule has 0 saturated carbocycles. The van der Waals surface area contributed by atoms with Gasteiger partial charge in [-0.1, -0.05) is 42.3 Å². The molecule has 0 saturated heterocycles. The second-order valence-electron chi connectivity index (χ2n) is 5.03. The SMILES string of the molecule is CCS(=O)(=O)c1ccc(CC(=O)Nc2cc(Cl)c(Br)c(Cl)c2)cc1. The first-order chi connectivity index (χ1) is 11.2. The predicted octanol–water partition coefficient (Wildman–Crippen LogP) is 4.73. The molecule has 0 heterocycles. The van der Waals surface area contributed by atoms with Gasteiger partial charge in [0.05, 0.1) is 31.6 Å². The van der Waals surface area contributed by atoms with Gasteiger partial charge in [-0.25, -0.2) is 8.42 Å². The maximum absolute atomic E-state index is 12.1. The maximum Gasteiger partial charge on any atom is 0.228 e. The van der Waals surface area contributed by atoms with Gasteiger partial charge >= 0.3 is 0 Å². The summed E-state index contributed by atoms with van der Waals surface area (Å²) in [6.45, 7) is 1.59. The summed E-state index contributed by atoms with van der Waals surface area (Å²) in [7, 11) is -3.24. The number of amides is 1. The van der Waals surface area contributed by atoms with Crippen LogP contribution in [-0.4, -0.2) is 20.1 Å². The Kier molecular flexibility index (Phi) is 6.31. The summed E-state index contributed by atoms with van der Waals surface area (Å²) in [6, 6.07) is 9.45. The minimum Gasteiger partial charge on any atom is -0.326 e. The number of hydrogen-bond acceptors (Lipinski definition) is 3. The number of rotatable bonds is 5. The van der Waals surface area contributed by atoms with Crippen molar-refractivity contribution < 1.29 is 13.2 Å². The summed E-state index contributed by atoms with van der Waals surface area (Å²) in [4.78, 5) is 12.4. The van der Waals surface area contributed by atoms with Crippen LogP contribution in [0.4, 0.5) is 5.69 Å². The monoisotopic (exact) mass is 449 g/mol. The van der Waals surface area contributed by atoms with E-state index in [2.05, 4.69) is 21.2 Å². The average molecular weight is 451 g/mol. The van der Waals surface area contributed by atoms with Gasteiger partial charge in [-0.05, 0) is 45.8 Å². The van der Waals surface area contributed by atoms with Crippen LogP contribution < -0.4 is 5.32 Å². The zero-order valence-corrected chi connectivity index (χ0v) is 16.6. The fourth-order valence-electron chi connectivity index (χ4n) is 2.00. The molecule has 128 valence electrons. The molecule has 2 aromatic rings. The summed E-state index contributed by atoms with van der Waals surface area (Å²) >= 11 is 15.2. The molecule has 0 radical (unpaired) electrons. The van der Waals surface area contributed by atoms with Crippen molar-refractivity contribution in [1.82, 2.24) is 0 Å². The van der Waals surface area contributed by atoms with Crippen LogP contribution in [0.25, 0.3) is 0 Å². The molecule has 0 aliphatic carbocycles. The molecule has 24 heavy (non-hydrogen) atoms. The molecule has 4 nitrogen and oxygen atoms in total. The molecule has 2 rings (SSSR count). The molecule has 0 aromatic heterocycles. The lowest BCUT2D eigenvalue weighted by Crippen LogP contribution is -2.14. The number of nitrogens with one attached hydrogen (secondary N) is 1. The Bertz CT molecular complexity index is 844. The number of sulfone groups is 1. The maximum atomic E-state index is 12.1. The Labute approximate surface area is 159 Å². The van der Waals surface area contributed by atoms with Gasteiger partial charge in [0.15, 0.2) is 9.84 Å². The molecule has 0 aliphatic heterocycles. The van der Waals surface area contributed by atoms with Crippen molar-refractivity contribution in [2.24, 2.45) is 0 Å². The molecule has 0 fully saturated rings. The topological polar surface area (TPSA) is 63.2 Å². The summed E-state index contributed by atoms with van der Waals surface area (Å²) in [6.07, 6.45) is 0.109. The minimum atomic E-state index is -3.24. The predicted molar refractivity (Wildman–Crippen MR) is 101 cm³/mol. The normalized spacial score (nSPS) is 11.3. The van der Waals surface area contributed by atoms with Crippen LogP contribution in [0.5, 0.6) is 0 Å². The standard InChI is InChI=1S/C16H14BrCl2NO3S/c1-2-24(22,23)12-5-3-10(4-6-12)7-15(21)20-11-8-13(18)16(17)14(19)9-11/h3-6,8-9H,2,7H2,1H3,(H,20,21). The zero-order chi connectivity index (χ0) is 17.9. The van der Waals surface area contributed by atoms with Crippen molar-refractivity contribution in [3.05, 3.63) is 56.5 Å². The van der Waals surface area contributed by atoms with Gasteiger partial charge in [0.1, 0.15) is 0 Å². The first kappa shape index (κ1) is 19.2. The highest BCUT2D eigenvalue weighted by atomic mass is 79.9. The highest BCUT2D eigenvalue weighted by molar-refractivity contribution is 9.10. The second-order valence-corrected chi connectivity index (χ2v) is 8.91. The van der Waals surface area contributed by atoms with Crippen LogP contribution in [0.2, 0.25) is 10.0 Å². The Morgan fingerprint density at radius 1 is 1.12 bits per heavy atom. The van der Waals surface area contributed by atoms with Gasteiger partial charge < -0.3 is 5.32 Å². The molecule has 0 bridgehead atoms. The Morgan fingerprint density at radius 2 is 1.67 bits per heavy atom. The second kappa shape index (κ2) is 7.87. The number of halogens is 3. The highest BCUT2D eigenvalue weighted by Gasteiger charge is 2.12. The lowest BCUT2D eigenvalue weighted by Gasteiger charge is -2.08. The van der Waals surface area contributed by atoms with Crippen LogP contribution in [0, 0.1) is 0 Å². The van der Waals surface area contributed by atoms with E-state index in [0.717, 1.165) is 0 Å². The van der Waals surface area contributed by atoms with Crippen LogP contribution in [0.1, 0.15) is 12.5 Å². The third kappa shape index (κ3) is 4.72. The lowest BCUT2D eigenvalue weighted by molar-refractivity contribution is -0.115. The van der Waals surface area contributed by atoms with Crippen molar-refractivity contribution >= 4 is 60.6 Å². The number of benzene rings is 2. The molecule has 0 aliphatic rings. The van der Waals surface area contributed by atoms with E-state index in [9.17, 15) is 13.2 Å². The molecular formula is C16H14BrCl2NO3S. The first-order valence-corrected chi connectivity index (χ1v) is 10.2. The molecule has 2 aromatic carbocycles. The minimum absolute atomic E-state index is 0.0396. The third-order valence-electron chi connectivity index (χ3n) is 3.29. The lowest BCUT2D eigenvalue weighted by atomic mass is 10.1. The van der Waals surface area contributed by atoms with Gasteiger partial charge in [0, 0.05) is 5.69 Å². The van der Waals surface area contributed by atoms with Crippen molar-refractivity contribution in [3.8, 4) is 0 Å². The summed E-state index contributed by atoms with van der Waals surface area (Å²) < 4.78 is 24.1. The average Bonchev–Trinajstić information content (AvgIpc) is 2.53. The largest absolute Gasteiger partial charge is 0.326 e. The molecule has 0 unspecified atom stereocenters. The summed E-state index contributed by atoms with van der Waals surface area (Å²) in [5.74, 6) is -0.215. The van der Waals surface area contributed by atoms with E-state index in [1.54, 1.807) is 31.2 Å². The van der Waals surface area contributed by atoms with Crippen molar-refractivity contribution in [3.63, 3.8) is 0 Å². The smallest absolute Gasteiger partial charge is 0.228 e. The summed E-state index contributed by atoms with van der Waals surface area (Å²) in [5, 5.41) is 3.50. The molecule has 8 heteroatoms. The van der Waals surface area contributed by atoms with E-state index in [1.165, 1.54) is 12.1 Å². The van der Waals surface area contributed by atoms with E-state index >= 15 is 0 Å². The van der Waals surface area contributed by atoms with Gasteiger partial charge in [0.2, 0.25) is 5.91 Å². The van der Waals surface area contributed by atoms with Crippen LogP contribution in [0.3, 0.4) is 0 Å². The van der Waals surface area contributed by atoms with E-state index in [0.29, 0.717) is 25.8 Å². The fourth-order valence-corrected chi connectivity index (χ4v) is 3.60. The van der Waals surface area contributed by atoms with Gasteiger partial charge in [-0.3, -0.25) is 4.79 Å². The third-order valence-corrected chi connectivity index (χ3v) is 6.95. The quantitative estimate of drug-likeness (QED) is 0.669. The van der Waals surface area contributed by atoms with E-state index in [-0.39, 0.29) is 23.0 Å². The van der Waals surface area contributed by atoms with Crippen molar-refractivity contribution in [2.75, 3.05) is 11.1 Å². The molecule has 0 spiro atoms. The molecule has 1 N–H and O–H groups in total. The zero-order valence-electron chi connectivity index (χ0n) is 12.6. The van der Waals surface area contributed by atoms with Crippen molar-refractivity contribution in [2.45, 2.75) is 18.2 Å². The van der Waals surface area contributed by atoms with Crippen molar-refractivity contribution in [1.29, 1.82) is 0 Å². The van der Waals surface area contributed by atoms with Crippen LogP contribution >= 0.6 is 39.1 Å². The number of carbonyl (C=O) groups is 1. The number of carbonyl (C=O) groups excluding carboxylic acids is 1. The fraction of sp³-hybridized carbons (Fsp3) is 0.188. The molecular weight excluding hydrogens is 437 g/mol. The van der Waals surface area contributed by atoms with E-state index < -0.39 is 9.84 Å². The summed E-state index contributed by atoms with van der Waals surface area (Å²) in [5.41, 5.74) is 1.19. The van der Waals surface area contributed by atoms with Gasteiger partial charge in [-0.15, -0.1) is 0 Å². The Morgan fingerprint density at radius 3 is 2.17 bits per heavy atom. The van der Waals surface area contributed by atoms with E-state index in [1.807, 2.05) is 0 Å². The van der Waals surface area contributed by atoms with Gasteiger partial charge in [0.25, 0.3) is 0 Å².